The number of anilines is 3. The monoisotopic (exact) mass is 528 g/mol. The second kappa shape index (κ2) is 11.1. The molecular weight excluding hydrogens is 500 g/mol. The molecule has 5 aromatic rings. The van der Waals surface area contributed by atoms with Crippen LogP contribution < -0.4 is 16.0 Å². The molecule has 0 bridgehead atoms. The van der Waals surface area contributed by atoms with Crippen molar-refractivity contribution in [2.24, 2.45) is 0 Å². The molecule has 0 saturated heterocycles. The standard InChI is InChI=1S/C32H28N6O2/c1-20-9-14-26(36-31(39)25-12-10-23(18-33)11-13-25)17-28(20)37-30-29-21(2)27(19-38(29)16-15-34-30)32(40)35-22(3)24-7-5-4-6-8-24/h4-17,19,22H,1-3H3,(H,34,37)(H,35,40)(H,36,39)/t22-/m0/s1. The van der Waals surface area contributed by atoms with Crippen LogP contribution >= 0.6 is 0 Å². The van der Waals surface area contributed by atoms with Crippen molar-refractivity contribution in [3.63, 3.8) is 0 Å². The van der Waals surface area contributed by atoms with E-state index in [9.17, 15) is 9.59 Å². The summed E-state index contributed by atoms with van der Waals surface area (Å²) in [6.07, 6.45) is 5.30. The smallest absolute Gasteiger partial charge is 0.255 e. The summed E-state index contributed by atoms with van der Waals surface area (Å²) in [6.45, 7) is 5.83. The molecule has 2 heterocycles. The second-order valence-corrected chi connectivity index (χ2v) is 9.60. The Kier molecular flexibility index (Phi) is 7.29. The van der Waals surface area contributed by atoms with Crippen LogP contribution in [-0.2, 0) is 0 Å². The molecular formula is C32H28N6O2. The third kappa shape index (κ3) is 5.40. The predicted octanol–water partition coefficient (Wildman–Crippen LogP) is 6.31. The topological polar surface area (TPSA) is 111 Å². The first-order chi connectivity index (χ1) is 19.3. The van der Waals surface area contributed by atoms with Gasteiger partial charge in [0.1, 0.15) is 0 Å². The molecule has 5 rings (SSSR count). The van der Waals surface area contributed by atoms with Crippen LogP contribution in [0.25, 0.3) is 5.52 Å². The van der Waals surface area contributed by atoms with Gasteiger partial charge < -0.3 is 20.4 Å². The van der Waals surface area contributed by atoms with Gasteiger partial charge in [-0.1, -0.05) is 36.4 Å². The summed E-state index contributed by atoms with van der Waals surface area (Å²) in [6, 6.07) is 23.8. The summed E-state index contributed by atoms with van der Waals surface area (Å²) < 4.78 is 1.89. The number of carbonyl (C=O) groups excluding carboxylic acids is 2. The Morgan fingerprint density at radius 1 is 0.975 bits per heavy atom. The summed E-state index contributed by atoms with van der Waals surface area (Å²) in [5.41, 5.74) is 6.46. The van der Waals surface area contributed by atoms with Crippen LogP contribution in [0.15, 0.2) is 91.4 Å². The van der Waals surface area contributed by atoms with Crippen molar-refractivity contribution in [1.82, 2.24) is 14.7 Å². The van der Waals surface area contributed by atoms with Crippen LogP contribution in [0.3, 0.4) is 0 Å². The van der Waals surface area contributed by atoms with Gasteiger partial charge in [0.2, 0.25) is 0 Å². The maximum absolute atomic E-state index is 13.2. The van der Waals surface area contributed by atoms with E-state index in [1.54, 1.807) is 30.5 Å². The number of aryl methyl sites for hydroxylation is 2. The van der Waals surface area contributed by atoms with Crippen molar-refractivity contribution < 1.29 is 9.59 Å². The number of aromatic nitrogens is 2. The second-order valence-electron chi connectivity index (χ2n) is 9.60. The van der Waals surface area contributed by atoms with Crippen LogP contribution in [0.5, 0.6) is 0 Å². The summed E-state index contributed by atoms with van der Waals surface area (Å²) in [7, 11) is 0. The highest BCUT2D eigenvalue weighted by atomic mass is 16.2. The van der Waals surface area contributed by atoms with E-state index in [-0.39, 0.29) is 17.9 Å². The minimum atomic E-state index is -0.276. The summed E-state index contributed by atoms with van der Waals surface area (Å²) in [5, 5.41) is 18.4. The Balaban J connectivity index is 1.38. The summed E-state index contributed by atoms with van der Waals surface area (Å²) in [4.78, 5) is 30.5. The van der Waals surface area contributed by atoms with E-state index in [0.29, 0.717) is 28.2 Å². The molecule has 1 atom stereocenters. The van der Waals surface area contributed by atoms with Gasteiger partial charge in [0.05, 0.1) is 28.8 Å². The van der Waals surface area contributed by atoms with Crippen LogP contribution in [-0.4, -0.2) is 21.2 Å². The minimum Gasteiger partial charge on any atom is -0.345 e. The Bertz CT molecular complexity index is 1750. The van der Waals surface area contributed by atoms with E-state index in [4.69, 9.17) is 5.26 Å². The molecule has 8 nitrogen and oxygen atoms in total. The molecule has 40 heavy (non-hydrogen) atoms. The quantitative estimate of drug-likeness (QED) is 0.229. The van der Waals surface area contributed by atoms with Crippen molar-refractivity contribution in [1.29, 1.82) is 5.26 Å². The first-order valence-corrected chi connectivity index (χ1v) is 12.9. The third-order valence-electron chi connectivity index (χ3n) is 6.86. The zero-order chi connectivity index (χ0) is 28.2. The van der Waals surface area contributed by atoms with Gasteiger partial charge in [-0.3, -0.25) is 9.59 Å². The van der Waals surface area contributed by atoms with Crippen molar-refractivity contribution in [3.05, 3.63) is 125 Å². The van der Waals surface area contributed by atoms with E-state index >= 15 is 0 Å². The third-order valence-corrected chi connectivity index (χ3v) is 6.86. The Labute approximate surface area is 232 Å². The lowest BCUT2D eigenvalue weighted by Gasteiger charge is -2.14. The molecule has 0 aliphatic heterocycles. The summed E-state index contributed by atoms with van der Waals surface area (Å²) >= 11 is 0. The molecule has 0 radical (unpaired) electrons. The Morgan fingerprint density at radius 2 is 1.73 bits per heavy atom. The number of nitrogens with one attached hydrogen (secondary N) is 3. The largest absolute Gasteiger partial charge is 0.345 e. The molecule has 0 fully saturated rings. The molecule has 2 aromatic heterocycles. The van der Waals surface area contributed by atoms with Crippen molar-refractivity contribution in [2.75, 3.05) is 10.6 Å². The van der Waals surface area contributed by atoms with Crippen molar-refractivity contribution >= 4 is 34.5 Å². The molecule has 8 heteroatoms. The molecule has 0 unspecified atom stereocenters. The van der Waals surface area contributed by atoms with E-state index in [1.807, 2.05) is 92.2 Å². The van der Waals surface area contributed by atoms with E-state index < -0.39 is 0 Å². The van der Waals surface area contributed by atoms with Gasteiger partial charge in [-0.25, -0.2) is 4.98 Å². The zero-order valence-corrected chi connectivity index (χ0v) is 22.4. The normalized spacial score (nSPS) is 11.4. The van der Waals surface area contributed by atoms with Gasteiger partial charge in [0, 0.05) is 35.5 Å². The molecule has 0 spiro atoms. The maximum Gasteiger partial charge on any atom is 0.255 e. The fourth-order valence-corrected chi connectivity index (χ4v) is 4.56. The highest BCUT2D eigenvalue weighted by molar-refractivity contribution is 6.04. The van der Waals surface area contributed by atoms with Crippen LogP contribution in [0.4, 0.5) is 17.2 Å². The minimum absolute atomic E-state index is 0.142. The first kappa shape index (κ1) is 26.2. The Morgan fingerprint density at radius 3 is 2.45 bits per heavy atom. The average molecular weight is 529 g/mol. The van der Waals surface area contributed by atoms with Crippen LogP contribution in [0.1, 0.15) is 55.9 Å². The number of rotatable bonds is 7. The van der Waals surface area contributed by atoms with Crippen molar-refractivity contribution in [3.8, 4) is 6.07 Å². The number of hydrogen-bond acceptors (Lipinski definition) is 5. The molecule has 198 valence electrons. The van der Waals surface area contributed by atoms with Crippen LogP contribution in [0, 0.1) is 25.2 Å². The number of amides is 2. The number of hydrogen-bond donors (Lipinski definition) is 3. The highest BCUT2D eigenvalue weighted by Gasteiger charge is 2.19. The maximum atomic E-state index is 13.2. The van der Waals surface area contributed by atoms with E-state index in [2.05, 4.69) is 20.9 Å². The van der Waals surface area contributed by atoms with E-state index in [0.717, 1.165) is 27.9 Å². The van der Waals surface area contributed by atoms with Gasteiger partial charge in [0.25, 0.3) is 11.8 Å². The predicted molar refractivity (Wildman–Crippen MR) is 156 cm³/mol. The molecule has 0 aliphatic rings. The van der Waals surface area contributed by atoms with Gasteiger partial charge in [0.15, 0.2) is 5.82 Å². The van der Waals surface area contributed by atoms with Crippen molar-refractivity contribution in [2.45, 2.75) is 26.8 Å². The zero-order valence-electron chi connectivity index (χ0n) is 22.4. The summed E-state index contributed by atoms with van der Waals surface area (Å²) in [5.74, 6) is 0.156. The lowest BCUT2D eigenvalue weighted by molar-refractivity contribution is 0.0938. The highest BCUT2D eigenvalue weighted by Crippen LogP contribution is 2.29. The van der Waals surface area contributed by atoms with Gasteiger partial charge in [-0.05, 0) is 73.9 Å². The lowest BCUT2D eigenvalue weighted by atomic mass is 10.1. The first-order valence-electron chi connectivity index (χ1n) is 12.9. The number of nitriles is 1. The fourth-order valence-electron chi connectivity index (χ4n) is 4.56. The van der Waals surface area contributed by atoms with Gasteiger partial charge >= 0.3 is 0 Å². The number of fused-ring (bicyclic) bond motifs is 1. The lowest BCUT2D eigenvalue weighted by Crippen LogP contribution is -2.26. The van der Waals surface area contributed by atoms with E-state index in [1.165, 1.54) is 0 Å². The SMILES string of the molecule is Cc1ccc(NC(=O)c2ccc(C#N)cc2)cc1Nc1nccn2cc(C(=O)N[C@@H](C)c3ccccc3)c(C)c12. The fraction of sp³-hybridized carbons (Fsp3) is 0.125. The molecule has 0 saturated carbocycles. The molecule has 2 amide bonds. The molecule has 3 aromatic carbocycles. The van der Waals surface area contributed by atoms with Crippen LogP contribution in [0.2, 0.25) is 0 Å². The molecule has 0 aliphatic carbocycles. The average Bonchev–Trinajstić information content (AvgIpc) is 3.32. The van der Waals surface area contributed by atoms with Gasteiger partial charge in [-0.2, -0.15) is 5.26 Å². The van der Waals surface area contributed by atoms with Gasteiger partial charge in [-0.15, -0.1) is 0 Å². The Hall–Kier alpha value is -5.42. The number of nitrogens with zero attached hydrogens (tertiary/aromatic N) is 3. The number of carbonyl (C=O) groups is 2. The molecule has 3 N–H and O–H groups in total. The number of benzene rings is 3.